The van der Waals surface area contributed by atoms with E-state index in [9.17, 15) is 0 Å². The van der Waals surface area contributed by atoms with Crippen molar-refractivity contribution in [3.8, 4) is 22.3 Å². The van der Waals surface area contributed by atoms with Crippen LogP contribution in [0.25, 0.3) is 87.3 Å². The number of nitrogens with zero attached hydrogens (tertiary/aromatic N) is 1. The van der Waals surface area contributed by atoms with Gasteiger partial charge in [-0.05, 0) is 120 Å². The van der Waals surface area contributed by atoms with Crippen LogP contribution >= 0.6 is 0 Å². The Balaban J connectivity index is 1.06. The van der Waals surface area contributed by atoms with Crippen LogP contribution in [0.4, 0.5) is 17.1 Å². The van der Waals surface area contributed by atoms with Crippen LogP contribution in [0.5, 0.6) is 0 Å². The first kappa shape index (κ1) is 30.5. The fourth-order valence-electron chi connectivity index (χ4n) is 8.38. The Kier molecular flexibility index (Phi) is 6.90. The zero-order valence-electron chi connectivity index (χ0n) is 29.4. The summed E-state index contributed by atoms with van der Waals surface area (Å²) in [5.41, 5.74) is 9.77. The van der Waals surface area contributed by atoms with E-state index in [1.54, 1.807) is 0 Å². The second-order valence-electron chi connectivity index (χ2n) is 14.1. The van der Waals surface area contributed by atoms with Crippen molar-refractivity contribution >= 4 is 82.1 Å². The summed E-state index contributed by atoms with van der Waals surface area (Å²) in [7, 11) is 0. The third-order valence-electron chi connectivity index (χ3n) is 11.0. The number of benzene rings is 10. The van der Waals surface area contributed by atoms with Gasteiger partial charge in [-0.1, -0.05) is 146 Å². The molecule has 54 heavy (non-hydrogen) atoms. The number of anilines is 3. The van der Waals surface area contributed by atoms with E-state index in [4.69, 9.17) is 4.42 Å². The number of hydrogen-bond acceptors (Lipinski definition) is 2. The molecule has 11 aromatic rings. The molecular formula is C52H33NO. The van der Waals surface area contributed by atoms with Gasteiger partial charge in [0, 0.05) is 27.8 Å². The highest BCUT2D eigenvalue weighted by Crippen LogP contribution is 2.42. The topological polar surface area (TPSA) is 16.4 Å². The molecule has 11 rings (SSSR count). The van der Waals surface area contributed by atoms with Crippen LogP contribution in [0.1, 0.15) is 0 Å². The molecular weight excluding hydrogens is 655 g/mol. The van der Waals surface area contributed by atoms with Crippen LogP contribution in [0.15, 0.2) is 205 Å². The van der Waals surface area contributed by atoms with Gasteiger partial charge in [-0.2, -0.15) is 0 Å². The Labute approximate surface area is 312 Å². The summed E-state index contributed by atoms with van der Waals surface area (Å²) in [6.45, 7) is 0. The number of fused-ring (bicyclic) bond motifs is 10. The van der Waals surface area contributed by atoms with Crippen molar-refractivity contribution in [2.45, 2.75) is 0 Å². The predicted molar refractivity (Wildman–Crippen MR) is 229 cm³/mol. The molecule has 0 aliphatic heterocycles. The summed E-state index contributed by atoms with van der Waals surface area (Å²) in [6, 6.07) is 72.3. The third-order valence-corrected chi connectivity index (χ3v) is 11.0. The van der Waals surface area contributed by atoms with Gasteiger partial charge in [0.25, 0.3) is 0 Å². The molecule has 0 unspecified atom stereocenters. The van der Waals surface area contributed by atoms with E-state index in [2.05, 4.69) is 205 Å². The zero-order valence-corrected chi connectivity index (χ0v) is 29.4. The van der Waals surface area contributed by atoms with E-state index in [1.807, 2.05) is 0 Å². The molecule has 0 bridgehead atoms. The van der Waals surface area contributed by atoms with Gasteiger partial charge in [0.2, 0.25) is 0 Å². The van der Waals surface area contributed by atoms with Gasteiger partial charge in [-0.3, -0.25) is 0 Å². The Morgan fingerprint density at radius 2 is 0.833 bits per heavy atom. The number of rotatable bonds is 5. The molecule has 252 valence electrons. The Hall–Kier alpha value is -7.16. The predicted octanol–water partition coefficient (Wildman–Crippen LogP) is 15.0. The molecule has 0 saturated heterocycles. The average molecular weight is 688 g/mol. The van der Waals surface area contributed by atoms with E-state index in [-0.39, 0.29) is 0 Å². The van der Waals surface area contributed by atoms with Gasteiger partial charge in [-0.15, -0.1) is 0 Å². The number of hydrogen-bond donors (Lipinski definition) is 0. The lowest BCUT2D eigenvalue weighted by atomic mass is 9.94. The van der Waals surface area contributed by atoms with Gasteiger partial charge < -0.3 is 9.32 Å². The normalized spacial score (nSPS) is 11.7. The summed E-state index contributed by atoms with van der Waals surface area (Å²) in [5, 5.41) is 12.3. The standard InChI is InChI=1S/C52H33NO/c1-2-9-34(10-3-1)39-13-8-14-42(31-39)53(43-26-30-50-49(33-43)52-45-16-7-5-12-37(45)23-29-51(52)54-50)41-24-19-35(20-25-41)40-18-17-38-22-27-46-44-15-6-4-11-36(44)21-28-47(46)48(38)32-40/h1-33H. The summed E-state index contributed by atoms with van der Waals surface area (Å²) < 4.78 is 6.41. The molecule has 0 spiro atoms. The van der Waals surface area contributed by atoms with Crippen LogP contribution in [0, 0.1) is 0 Å². The summed E-state index contributed by atoms with van der Waals surface area (Å²) in [4.78, 5) is 2.36. The lowest BCUT2D eigenvalue weighted by Crippen LogP contribution is -2.10. The van der Waals surface area contributed by atoms with Crippen LogP contribution in [-0.4, -0.2) is 0 Å². The van der Waals surface area contributed by atoms with Crippen molar-refractivity contribution in [2.75, 3.05) is 4.90 Å². The molecule has 0 aliphatic rings. The maximum Gasteiger partial charge on any atom is 0.136 e. The maximum atomic E-state index is 6.41. The fourth-order valence-corrected chi connectivity index (χ4v) is 8.38. The smallest absolute Gasteiger partial charge is 0.136 e. The molecule has 0 atom stereocenters. The summed E-state index contributed by atoms with van der Waals surface area (Å²) >= 11 is 0. The minimum Gasteiger partial charge on any atom is -0.456 e. The van der Waals surface area contributed by atoms with Crippen LogP contribution in [0.3, 0.4) is 0 Å². The molecule has 0 amide bonds. The highest BCUT2D eigenvalue weighted by Gasteiger charge is 2.18. The van der Waals surface area contributed by atoms with Crippen molar-refractivity contribution in [2.24, 2.45) is 0 Å². The largest absolute Gasteiger partial charge is 0.456 e. The van der Waals surface area contributed by atoms with Crippen LogP contribution in [-0.2, 0) is 0 Å². The Morgan fingerprint density at radius 3 is 1.67 bits per heavy atom. The minimum atomic E-state index is 0.885. The van der Waals surface area contributed by atoms with Gasteiger partial charge >= 0.3 is 0 Å². The van der Waals surface area contributed by atoms with E-state index < -0.39 is 0 Å². The lowest BCUT2D eigenvalue weighted by molar-refractivity contribution is 0.669. The van der Waals surface area contributed by atoms with E-state index in [0.717, 1.165) is 39.0 Å². The van der Waals surface area contributed by atoms with Crippen molar-refractivity contribution < 1.29 is 4.42 Å². The van der Waals surface area contributed by atoms with E-state index in [0.29, 0.717) is 0 Å². The van der Waals surface area contributed by atoms with Gasteiger partial charge in [0.1, 0.15) is 11.2 Å². The van der Waals surface area contributed by atoms with Gasteiger partial charge in [-0.25, -0.2) is 0 Å². The highest BCUT2D eigenvalue weighted by molar-refractivity contribution is 6.20. The highest BCUT2D eigenvalue weighted by atomic mass is 16.3. The molecule has 2 nitrogen and oxygen atoms in total. The molecule has 0 fully saturated rings. The average Bonchev–Trinajstić information content (AvgIpc) is 3.63. The molecule has 2 heteroatoms. The molecule has 1 heterocycles. The third kappa shape index (κ3) is 4.96. The molecule has 0 radical (unpaired) electrons. The van der Waals surface area contributed by atoms with Gasteiger partial charge in [0.05, 0.1) is 0 Å². The first-order valence-corrected chi connectivity index (χ1v) is 18.5. The first-order valence-electron chi connectivity index (χ1n) is 18.5. The summed E-state index contributed by atoms with van der Waals surface area (Å²) in [6.07, 6.45) is 0. The second kappa shape index (κ2) is 12.2. The van der Waals surface area contributed by atoms with Crippen molar-refractivity contribution in [3.05, 3.63) is 200 Å². The van der Waals surface area contributed by atoms with E-state index >= 15 is 0 Å². The first-order chi connectivity index (χ1) is 26.7. The second-order valence-corrected chi connectivity index (χ2v) is 14.1. The molecule has 0 saturated carbocycles. The fraction of sp³-hybridized carbons (Fsp3) is 0. The molecule has 1 aromatic heterocycles. The van der Waals surface area contributed by atoms with Crippen molar-refractivity contribution in [1.82, 2.24) is 0 Å². The SMILES string of the molecule is c1ccc(-c2cccc(N(c3ccc(-c4ccc5ccc6c7ccccc7ccc6c5c4)cc3)c3ccc4oc5ccc6ccccc6c5c4c3)c2)cc1. The quantitative estimate of drug-likeness (QED) is 0.168. The lowest BCUT2D eigenvalue weighted by Gasteiger charge is -2.26. The zero-order chi connectivity index (χ0) is 35.6. The van der Waals surface area contributed by atoms with Crippen LogP contribution in [0.2, 0.25) is 0 Å². The van der Waals surface area contributed by atoms with E-state index in [1.165, 1.54) is 65.3 Å². The minimum absolute atomic E-state index is 0.885. The number of furan rings is 1. The van der Waals surface area contributed by atoms with Crippen LogP contribution < -0.4 is 4.90 Å². The molecule has 0 aliphatic carbocycles. The molecule has 0 N–H and O–H groups in total. The van der Waals surface area contributed by atoms with Crippen molar-refractivity contribution in [1.29, 1.82) is 0 Å². The Bertz CT molecular complexity index is 3210. The molecule has 10 aromatic carbocycles. The monoisotopic (exact) mass is 687 g/mol. The maximum absolute atomic E-state index is 6.41. The van der Waals surface area contributed by atoms with Gasteiger partial charge in [0.15, 0.2) is 0 Å². The summed E-state index contributed by atoms with van der Waals surface area (Å²) in [5.74, 6) is 0. The van der Waals surface area contributed by atoms with Crippen molar-refractivity contribution in [3.63, 3.8) is 0 Å². The Morgan fingerprint density at radius 1 is 0.278 bits per heavy atom.